The molecule has 2 atom stereocenters. The lowest BCUT2D eigenvalue weighted by Crippen LogP contribution is -2.25. The van der Waals surface area contributed by atoms with E-state index in [2.05, 4.69) is 20.3 Å². The van der Waals surface area contributed by atoms with Gasteiger partial charge in [0.05, 0.1) is 34.6 Å². The molecule has 0 spiro atoms. The normalized spacial score (nSPS) is 17.8. The van der Waals surface area contributed by atoms with Gasteiger partial charge in [0.15, 0.2) is 5.82 Å². The minimum atomic E-state index is -0.661. The number of rotatable bonds is 4. The van der Waals surface area contributed by atoms with Gasteiger partial charge in [-0.05, 0) is 50.5 Å². The Morgan fingerprint density at radius 3 is 2.75 bits per heavy atom. The van der Waals surface area contributed by atoms with Crippen LogP contribution in [0.1, 0.15) is 42.9 Å². The zero-order valence-corrected chi connectivity index (χ0v) is 18.7. The van der Waals surface area contributed by atoms with E-state index in [4.69, 9.17) is 11.6 Å². The van der Waals surface area contributed by atoms with Crippen molar-refractivity contribution in [2.75, 3.05) is 5.32 Å². The van der Waals surface area contributed by atoms with E-state index in [0.29, 0.717) is 39.7 Å². The summed E-state index contributed by atoms with van der Waals surface area (Å²) in [5.74, 6) is 0.651. The molecule has 2 aromatic heterocycles. The summed E-state index contributed by atoms with van der Waals surface area (Å²) in [7, 11) is 0. The third kappa shape index (κ3) is 3.42. The van der Waals surface area contributed by atoms with Crippen LogP contribution in [0, 0.1) is 12.7 Å². The van der Waals surface area contributed by atoms with E-state index in [0.717, 1.165) is 17.0 Å². The van der Waals surface area contributed by atoms with E-state index in [1.54, 1.807) is 0 Å². The van der Waals surface area contributed by atoms with Gasteiger partial charge in [0, 0.05) is 11.6 Å². The highest BCUT2D eigenvalue weighted by atomic mass is 35.5. The number of anilines is 1. The number of aromatic nitrogens is 4. The Kier molecular flexibility index (Phi) is 5.10. The molecule has 1 aliphatic carbocycles. The van der Waals surface area contributed by atoms with Gasteiger partial charge >= 0.3 is 0 Å². The molecular formula is C24H23ClFN5O. The Bertz CT molecular complexity index is 1340. The zero-order chi connectivity index (χ0) is 22.6. The first-order valence-electron chi connectivity index (χ1n) is 10.6. The third-order valence-electron chi connectivity index (χ3n) is 5.97. The molecule has 2 N–H and O–H groups in total. The number of halogens is 2. The summed E-state index contributed by atoms with van der Waals surface area (Å²) in [5, 5.41) is 14.2. The van der Waals surface area contributed by atoms with Gasteiger partial charge in [-0.3, -0.25) is 0 Å². The highest BCUT2D eigenvalue weighted by Crippen LogP contribution is 2.35. The Balaban J connectivity index is 1.52. The number of imidazole rings is 1. The Hall–Kier alpha value is -3.03. The first-order chi connectivity index (χ1) is 15.3. The van der Waals surface area contributed by atoms with E-state index in [-0.39, 0.29) is 12.1 Å². The van der Waals surface area contributed by atoms with E-state index in [9.17, 15) is 9.50 Å². The van der Waals surface area contributed by atoms with E-state index < -0.39 is 11.9 Å². The number of nitrogens with one attached hydrogen (secondary N) is 1. The van der Waals surface area contributed by atoms with Gasteiger partial charge in [-0.1, -0.05) is 35.9 Å². The molecule has 0 unspecified atom stereocenters. The van der Waals surface area contributed by atoms with Crippen LogP contribution in [0.5, 0.6) is 0 Å². The fourth-order valence-corrected chi connectivity index (χ4v) is 4.77. The van der Waals surface area contributed by atoms with Crippen LogP contribution in [-0.2, 0) is 6.42 Å². The molecule has 2 heterocycles. The van der Waals surface area contributed by atoms with Crippen LogP contribution < -0.4 is 5.32 Å². The number of aliphatic hydroxyl groups excluding tert-OH is 1. The van der Waals surface area contributed by atoms with E-state index >= 15 is 0 Å². The Labute approximate surface area is 190 Å². The molecule has 164 valence electrons. The highest BCUT2D eigenvalue weighted by molar-refractivity contribution is 6.33. The number of hydrogen-bond acceptors (Lipinski definition) is 5. The smallest absolute Gasteiger partial charge is 0.223 e. The van der Waals surface area contributed by atoms with E-state index in [1.807, 2.05) is 55.7 Å². The van der Waals surface area contributed by atoms with Gasteiger partial charge in [0.25, 0.3) is 0 Å². The molecule has 2 aromatic carbocycles. The topological polar surface area (TPSA) is 75.9 Å². The minimum absolute atomic E-state index is 0.123. The fourth-order valence-electron chi connectivity index (χ4n) is 4.57. The van der Waals surface area contributed by atoms with Crippen molar-refractivity contribution in [1.29, 1.82) is 0 Å². The number of aliphatic hydroxyl groups is 1. The quantitative estimate of drug-likeness (QED) is 0.443. The zero-order valence-electron chi connectivity index (χ0n) is 18.0. The molecule has 0 amide bonds. The van der Waals surface area contributed by atoms with Crippen molar-refractivity contribution < 1.29 is 9.50 Å². The molecule has 32 heavy (non-hydrogen) atoms. The molecule has 0 saturated carbocycles. The highest BCUT2D eigenvalue weighted by Gasteiger charge is 2.31. The predicted molar refractivity (Wildman–Crippen MR) is 123 cm³/mol. The number of nitrogens with zero attached hydrogens (tertiary/aromatic N) is 4. The van der Waals surface area contributed by atoms with Crippen molar-refractivity contribution in [1.82, 2.24) is 19.5 Å². The van der Waals surface area contributed by atoms with Crippen LogP contribution in [0.3, 0.4) is 0 Å². The molecule has 6 nitrogen and oxygen atoms in total. The molecular weight excluding hydrogens is 429 g/mol. The average Bonchev–Trinajstić information content (AvgIpc) is 3.26. The summed E-state index contributed by atoms with van der Waals surface area (Å²) >= 11 is 6.41. The Morgan fingerprint density at radius 1 is 1.22 bits per heavy atom. The van der Waals surface area contributed by atoms with Crippen molar-refractivity contribution in [3.63, 3.8) is 0 Å². The molecule has 0 aliphatic heterocycles. The maximum Gasteiger partial charge on any atom is 0.223 e. The first-order valence-corrected chi connectivity index (χ1v) is 10.9. The fraction of sp³-hybridized carbons (Fsp3) is 0.292. The average molecular weight is 452 g/mol. The summed E-state index contributed by atoms with van der Waals surface area (Å²) < 4.78 is 16.9. The number of hydrogen-bond donors (Lipinski definition) is 2. The molecule has 8 heteroatoms. The number of fused-ring (bicyclic) bond motifs is 2. The van der Waals surface area contributed by atoms with Crippen molar-refractivity contribution in [2.45, 2.75) is 45.4 Å². The van der Waals surface area contributed by atoms with Crippen molar-refractivity contribution in [3.05, 3.63) is 70.4 Å². The van der Waals surface area contributed by atoms with Crippen LogP contribution in [0.15, 0.2) is 42.6 Å². The van der Waals surface area contributed by atoms with Gasteiger partial charge < -0.3 is 15.0 Å². The summed E-state index contributed by atoms with van der Waals surface area (Å²) in [5.41, 5.74) is 3.99. The summed E-state index contributed by atoms with van der Waals surface area (Å²) in [4.78, 5) is 13.2. The molecule has 0 fully saturated rings. The molecule has 4 aromatic rings. The van der Waals surface area contributed by atoms with Crippen LogP contribution >= 0.6 is 11.6 Å². The number of aryl methyl sites for hydroxylation is 1. The second kappa shape index (κ2) is 7.83. The summed E-state index contributed by atoms with van der Waals surface area (Å²) in [6, 6.07) is 10.9. The molecule has 0 radical (unpaired) electrons. The molecule has 0 bridgehead atoms. The largest absolute Gasteiger partial charge is 0.386 e. The minimum Gasteiger partial charge on any atom is -0.386 e. The van der Waals surface area contributed by atoms with Gasteiger partial charge in [-0.25, -0.2) is 19.3 Å². The number of benzene rings is 2. The molecule has 5 rings (SSSR count). The third-order valence-corrected chi connectivity index (χ3v) is 6.24. The monoisotopic (exact) mass is 451 g/mol. The second-order valence-electron chi connectivity index (χ2n) is 8.44. The van der Waals surface area contributed by atoms with Gasteiger partial charge in [-0.15, -0.1) is 0 Å². The van der Waals surface area contributed by atoms with Crippen LogP contribution in [-0.4, -0.2) is 30.7 Å². The maximum atomic E-state index is 14.9. The summed E-state index contributed by atoms with van der Waals surface area (Å²) in [6.45, 7) is 5.93. The molecule has 1 aliphatic rings. The maximum absolute atomic E-state index is 14.9. The second-order valence-corrected chi connectivity index (χ2v) is 8.84. The predicted octanol–water partition coefficient (Wildman–Crippen LogP) is 5.25. The SMILES string of the molecule is Cc1nc2c(F)cc(-c3nc(N[C@@H]4Cc5ccccc5[C@H]4O)ncc3Cl)cc2n1C(C)C. The van der Waals surface area contributed by atoms with Crippen LogP contribution in [0.4, 0.5) is 10.3 Å². The Morgan fingerprint density at radius 2 is 2.00 bits per heavy atom. The van der Waals surface area contributed by atoms with Gasteiger partial charge in [0.2, 0.25) is 5.95 Å². The van der Waals surface area contributed by atoms with Crippen molar-refractivity contribution in [2.24, 2.45) is 0 Å². The van der Waals surface area contributed by atoms with Gasteiger partial charge in [-0.2, -0.15) is 0 Å². The van der Waals surface area contributed by atoms with Crippen LogP contribution in [0.2, 0.25) is 5.02 Å². The first kappa shape index (κ1) is 20.8. The lowest BCUT2D eigenvalue weighted by Gasteiger charge is -2.17. The van der Waals surface area contributed by atoms with Crippen LogP contribution in [0.25, 0.3) is 22.3 Å². The lowest BCUT2D eigenvalue weighted by atomic mass is 10.1. The lowest BCUT2D eigenvalue weighted by molar-refractivity contribution is 0.166. The standard InChI is InChI=1S/C24H23ClFN5O/c1-12(2)31-13(3)28-22-18(26)8-15(10-20(22)31)21-17(25)11-27-24(30-21)29-19-9-14-6-4-5-7-16(14)23(19)32/h4-8,10-12,19,23,32H,9H2,1-3H3,(H,27,29,30)/t19-,23-/m1/s1. The van der Waals surface area contributed by atoms with Crippen molar-refractivity contribution in [3.8, 4) is 11.3 Å². The molecule has 0 saturated heterocycles. The summed E-state index contributed by atoms with van der Waals surface area (Å²) in [6.07, 6.45) is 1.49. The van der Waals surface area contributed by atoms with E-state index in [1.165, 1.54) is 12.3 Å². The van der Waals surface area contributed by atoms with Crippen molar-refractivity contribution >= 4 is 28.6 Å². The van der Waals surface area contributed by atoms with Gasteiger partial charge in [0.1, 0.15) is 11.3 Å².